The van der Waals surface area contributed by atoms with E-state index in [9.17, 15) is 9.18 Å². The fourth-order valence-electron chi connectivity index (χ4n) is 1.32. The van der Waals surface area contributed by atoms with Crippen LogP contribution in [0.15, 0.2) is 23.7 Å². The van der Waals surface area contributed by atoms with Gasteiger partial charge in [0.05, 0.1) is 5.69 Å². The molecule has 0 radical (unpaired) electrons. The van der Waals surface area contributed by atoms with Crippen molar-refractivity contribution in [3.63, 3.8) is 0 Å². The van der Waals surface area contributed by atoms with E-state index in [1.165, 1.54) is 29.7 Å². The number of aliphatic carboxylic acids is 1. The standard InChI is InChI=1S/C12H11FN2O2S/c1-12(2,11(16)17)8-6-18-10(15-8)9-7(13)4-3-5-14-9/h3-6H,1-2H3,(H,16,17). The highest BCUT2D eigenvalue weighted by Gasteiger charge is 2.32. The summed E-state index contributed by atoms with van der Waals surface area (Å²) in [7, 11) is 0. The smallest absolute Gasteiger partial charge is 0.315 e. The summed E-state index contributed by atoms with van der Waals surface area (Å²) in [6, 6.07) is 2.79. The number of carbonyl (C=O) groups is 1. The van der Waals surface area contributed by atoms with Gasteiger partial charge in [-0.1, -0.05) is 0 Å². The van der Waals surface area contributed by atoms with Crippen LogP contribution in [0.25, 0.3) is 10.7 Å². The molecule has 0 amide bonds. The SMILES string of the molecule is CC(C)(C(=O)O)c1csc(-c2ncccc2F)n1. The van der Waals surface area contributed by atoms with E-state index in [4.69, 9.17) is 5.11 Å². The van der Waals surface area contributed by atoms with Crippen molar-refractivity contribution in [1.29, 1.82) is 0 Å². The Kier molecular flexibility index (Phi) is 3.13. The highest BCUT2D eigenvalue weighted by molar-refractivity contribution is 7.13. The molecule has 0 aliphatic carbocycles. The van der Waals surface area contributed by atoms with Crippen LogP contribution in [0.4, 0.5) is 4.39 Å². The van der Waals surface area contributed by atoms with E-state index >= 15 is 0 Å². The fraction of sp³-hybridized carbons (Fsp3) is 0.250. The molecule has 4 nitrogen and oxygen atoms in total. The number of pyridine rings is 1. The van der Waals surface area contributed by atoms with E-state index < -0.39 is 17.2 Å². The minimum Gasteiger partial charge on any atom is -0.481 e. The lowest BCUT2D eigenvalue weighted by Gasteiger charge is -2.15. The Morgan fingerprint density at radius 3 is 2.83 bits per heavy atom. The molecule has 0 saturated carbocycles. The van der Waals surface area contributed by atoms with E-state index in [2.05, 4.69) is 9.97 Å². The molecule has 2 aromatic heterocycles. The van der Waals surface area contributed by atoms with Gasteiger partial charge in [-0.05, 0) is 26.0 Å². The summed E-state index contributed by atoms with van der Waals surface area (Å²) in [5, 5.41) is 11.1. The maximum atomic E-state index is 13.5. The Labute approximate surface area is 107 Å². The van der Waals surface area contributed by atoms with Crippen molar-refractivity contribution >= 4 is 17.3 Å². The molecule has 0 fully saturated rings. The molecule has 2 rings (SSSR count). The molecule has 2 aromatic rings. The monoisotopic (exact) mass is 266 g/mol. The average Bonchev–Trinajstić information content (AvgIpc) is 2.79. The number of halogens is 1. The molecular weight excluding hydrogens is 255 g/mol. The summed E-state index contributed by atoms with van der Waals surface area (Å²) in [5.41, 5.74) is -0.546. The van der Waals surface area contributed by atoms with Gasteiger partial charge in [-0.15, -0.1) is 11.3 Å². The molecule has 94 valence electrons. The summed E-state index contributed by atoms with van der Waals surface area (Å²) in [5.74, 6) is -1.44. The Balaban J connectivity index is 2.44. The van der Waals surface area contributed by atoms with Gasteiger partial charge < -0.3 is 5.11 Å². The largest absolute Gasteiger partial charge is 0.481 e. The van der Waals surface area contributed by atoms with Crippen molar-refractivity contribution in [3.05, 3.63) is 35.2 Å². The van der Waals surface area contributed by atoms with Crippen molar-refractivity contribution in [3.8, 4) is 10.7 Å². The van der Waals surface area contributed by atoms with Gasteiger partial charge in [0.15, 0.2) is 5.82 Å². The van der Waals surface area contributed by atoms with Crippen molar-refractivity contribution < 1.29 is 14.3 Å². The lowest BCUT2D eigenvalue weighted by molar-refractivity contribution is -0.142. The lowest BCUT2D eigenvalue weighted by Crippen LogP contribution is -2.28. The third-order valence-corrected chi connectivity index (χ3v) is 3.49. The van der Waals surface area contributed by atoms with E-state index in [-0.39, 0.29) is 5.69 Å². The second-order valence-electron chi connectivity index (χ2n) is 4.30. The topological polar surface area (TPSA) is 63.1 Å². The van der Waals surface area contributed by atoms with E-state index in [0.717, 1.165) is 0 Å². The zero-order valence-electron chi connectivity index (χ0n) is 9.85. The lowest BCUT2D eigenvalue weighted by atomic mass is 9.90. The third-order valence-electron chi connectivity index (χ3n) is 2.64. The first-order valence-electron chi connectivity index (χ1n) is 5.23. The number of carboxylic acid groups (broad SMARTS) is 1. The maximum absolute atomic E-state index is 13.5. The quantitative estimate of drug-likeness (QED) is 0.927. The number of hydrogen-bond donors (Lipinski definition) is 1. The van der Waals surface area contributed by atoms with Crippen molar-refractivity contribution in [2.24, 2.45) is 0 Å². The molecular formula is C12H11FN2O2S. The van der Waals surface area contributed by atoms with Gasteiger partial charge in [-0.2, -0.15) is 0 Å². The summed E-state index contributed by atoms with van der Waals surface area (Å²) in [6.45, 7) is 3.12. The number of nitrogens with zero attached hydrogens (tertiary/aromatic N) is 2. The molecule has 2 heterocycles. The summed E-state index contributed by atoms with van der Waals surface area (Å²) >= 11 is 1.18. The Hall–Kier alpha value is -1.82. The van der Waals surface area contributed by atoms with Gasteiger partial charge in [0.2, 0.25) is 0 Å². The van der Waals surface area contributed by atoms with Crippen LogP contribution >= 0.6 is 11.3 Å². The van der Waals surface area contributed by atoms with Crippen LogP contribution in [0.2, 0.25) is 0 Å². The second-order valence-corrected chi connectivity index (χ2v) is 5.16. The van der Waals surface area contributed by atoms with Crippen LogP contribution in [-0.2, 0) is 10.2 Å². The third kappa shape index (κ3) is 2.11. The Morgan fingerprint density at radius 2 is 2.22 bits per heavy atom. The Bertz CT molecular complexity index is 595. The van der Waals surface area contributed by atoms with Crippen molar-refractivity contribution in [1.82, 2.24) is 9.97 Å². The maximum Gasteiger partial charge on any atom is 0.315 e. The van der Waals surface area contributed by atoms with Crippen LogP contribution in [0, 0.1) is 5.82 Å². The zero-order valence-corrected chi connectivity index (χ0v) is 10.7. The molecule has 6 heteroatoms. The van der Waals surface area contributed by atoms with Crippen LogP contribution < -0.4 is 0 Å². The van der Waals surface area contributed by atoms with Gasteiger partial charge in [0.1, 0.15) is 16.1 Å². The highest BCUT2D eigenvalue weighted by atomic mass is 32.1. The number of carboxylic acids is 1. The van der Waals surface area contributed by atoms with Crippen LogP contribution in [0.1, 0.15) is 19.5 Å². The van der Waals surface area contributed by atoms with Crippen molar-refractivity contribution in [2.75, 3.05) is 0 Å². The molecule has 0 saturated heterocycles. The first-order valence-corrected chi connectivity index (χ1v) is 6.11. The molecule has 0 aliphatic rings. The number of thiazole rings is 1. The highest BCUT2D eigenvalue weighted by Crippen LogP contribution is 2.30. The molecule has 0 aromatic carbocycles. The van der Waals surface area contributed by atoms with Gasteiger partial charge in [-0.25, -0.2) is 9.37 Å². The number of aromatic nitrogens is 2. The Morgan fingerprint density at radius 1 is 1.50 bits per heavy atom. The van der Waals surface area contributed by atoms with E-state index in [0.29, 0.717) is 10.7 Å². The van der Waals surface area contributed by atoms with Crippen molar-refractivity contribution in [2.45, 2.75) is 19.3 Å². The van der Waals surface area contributed by atoms with Gasteiger partial charge in [0, 0.05) is 11.6 Å². The molecule has 1 N–H and O–H groups in total. The van der Waals surface area contributed by atoms with Gasteiger partial charge in [-0.3, -0.25) is 9.78 Å². The van der Waals surface area contributed by atoms with Gasteiger partial charge >= 0.3 is 5.97 Å². The van der Waals surface area contributed by atoms with Gasteiger partial charge in [0.25, 0.3) is 0 Å². The van der Waals surface area contributed by atoms with Crippen LogP contribution in [-0.4, -0.2) is 21.0 Å². The molecule has 0 bridgehead atoms. The first-order chi connectivity index (χ1) is 8.43. The second kappa shape index (κ2) is 4.45. The summed E-state index contributed by atoms with van der Waals surface area (Å²) in [4.78, 5) is 19.2. The van der Waals surface area contributed by atoms with Crippen LogP contribution in [0.5, 0.6) is 0 Å². The number of hydrogen-bond acceptors (Lipinski definition) is 4. The van der Waals surface area contributed by atoms with Crippen LogP contribution in [0.3, 0.4) is 0 Å². The molecule has 0 aliphatic heterocycles. The predicted octanol–water partition coefficient (Wildman–Crippen LogP) is 2.71. The zero-order chi connectivity index (χ0) is 13.3. The predicted molar refractivity (Wildman–Crippen MR) is 66.0 cm³/mol. The average molecular weight is 266 g/mol. The molecule has 0 unspecified atom stereocenters. The minimum atomic E-state index is -1.10. The molecule has 0 spiro atoms. The fourth-order valence-corrected chi connectivity index (χ4v) is 2.31. The molecule has 18 heavy (non-hydrogen) atoms. The normalized spacial score (nSPS) is 11.5. The van der Waals surface area contributed by atoms with E-state index in [1.54, 1.807) is 19.2 Å². The summed E-state index contributed by atoms with van der Waals surface area (Å²) < 4.78 is 13.5. The summed E-state index contributed by atoms with van der Waals surface area (Å²) in [6.07, 6.45) is 1.47. The minimum absolute atomic E-state index is 0.148. The first kappa shape index (κ1) is 12.6. The molecule has 0 atom stereocenters. The van der Waals surface area contributed by atoms with E-state index in [1.807, 2.05) is 0 Å². The number of rotatable bonds is 3.